The highest BCUT2D eigenvalue weighted by atomic mass is 19.1. The fourth-order valence-electron chi connectivity index (χ4n) is 3.12. The van der Waals surface area contributed by atoms with E-state index in [1.165, 1.54) is 6.07 Å². The van der Waals surface area contributed by atoms with Crippen molar-refractivity contribution in [1.82, 2.24) is 9.88 Å². The summed E-state index contributed by atoms with van der Waals surface area (Å²) >= 11 is 0. The van der Waals surface area contributed by atoms with Gasteiger partial charge in [-0.2, -0.15) is 0 Å². The molecule has 1 aliphatic heterocycles. The molecule has 0 saturated carbocycles. The van der Waals surface area contributed by atoms with Gasteiger partial charge in [0.05, 0.1) is 5.69 Å². The van der Waals surface area contributed by atoms with E-state index in [4.69, 9.17) is 5.11 Å². The van der Waals surface area contributed by atoms with Crippen molar-refractivity contribution < 1.29 is 14.3 Å². The van der Waals surface area contributed by atoms with Crippen molar-refractivity contribution >= 4 is 5.97 Å². The monoisotopic (exact) mass is 314 g/mol. The highest BCUT2D eigenvalue weighted by molar-refractivity contribution is 5.85. The highest BCUT2D eigenvalue weighted by Gasteiger charge is 2.37. The predicted octanol–water partition coefficient (Wildman–Crippen LogP) is 3.24. The molecule has 1 aromatic heterocycles. The van der Waals surface area contributed by atoms with Gasteiger partial charge in [-0.3, -0.25) is 4.90 Å². The van der Waals surface area contributed by atoms with Crippen LogP contribution in [-0.4, -0.2) is 34.0 Å². The molecule has 120 valence electrons. The molecule has 0 spiro atoms. The van der Waals surface area contributed by atoms with Gasteiger partial charge in [0.15, 0.2) is 0 Å². The Morgan fingerprint density at radius 2 is 2.00 bits per heavy atom. The number of hydrogen-bond acceptors (Lipinski definition) is 3. The number of piperidine rings is 1. The van der Waals surface area contributed by atoms with E-state index < -0.39 is 11.6 Å². The maximum Gasteiger partial charge on any atom is 0.354 e. The van der Waals surface area contributed by atoms with Gasteiger partial charge in [0.2, 0.25) is 0 Å². The minimum atomic E-state index is -1.36. The Morgan fingerprint density at radius 1 is 1.22 bits per heavy atom. The van der Waals surface area contributed by atoms with Crippen LogP contribution in [0.4, 0.5) is 4.39 Å². The number of rotatable bonds is 4. The van der Waals surface area contributed by atoms with Gasteiger partial charge in [-0.25, -0.2) is 14.2 Å². The zero-order valence-electron chi connectivity index (χ0n) is 12.8. The lowest BCUT2D eigenvalue weighted by molar-refractivity contribution is 0.0377. The maximum atomic E-state index is 15.3. The lowest BCUT2D eigenvalue weighted by Crippen LogP contribution is -2.43. The number of carbonyl (C=O) groups is 1. The number of aromatic nitrogens is 1. The Kier molecular flexibility index (Phi) is 4.39. The minimum Gasteiger partial charge on any atom is -0.477 e. The number of alkyl halides is 1. The minimum absolute atomic E-state index is 0.0223. The van der Waals surface area contributed by atoms with Crippen molar-refractivity contribution in [3.8, 4) is 0 Å². The van der Waals surface area contributed by atoms with Crippen LogP contribution in [0.25, 0.3) is 0 Å². The first kappa shape index (κ1) is 15.6. The smallest absolute Gasteiger partial charge is 0.354 e. The van der Waals surface area contributed by atoms with Crippen LogP contribution < -0.4 is 0 Å². The Labute approximate surface area is 134 Å². The van der Waals surface area contributed by atoms with Crippen LogP contribution in [0.5, 0.6) is 0 Å². The number of aromatic carboxylic acids is 1. The fourth-order valence-corrected chi connectivity index (χ4v) is 3.12. The lowest BCUT2D eigenvalue weighted by atomic mass is 9.87. The summed E-state index contributed by atoms with van der Waals surface area (Å²) in [4.78, 5) is 17.1. The summed E-state index contributed by atoms with van der Waals surface area (Å²) in [7, 11) is 0. The fraction of sp³-hybridized carbons (Fsp3) is 0.333. The van der Waals surface area contributed by atoms with Crippen LogP contribution in [-0.2, 0) is 12.2 Å². The molecule has 0 radical (unpaired) electrons. The molecule has 23 heavy (non-hydrogen) atoms. The van der Waals surface area contributed by atoms with E-state index in [0.717, 1.165) is 13.0 Å². The summed E-state index contributed by atoms with van der Waals surface area (Å²) in [5.41, 5.74) is 0.0254. The van der Waals surface area contributed by atoms with Crippen molar-refractivity contribution in [1.29, 1.82) is 0 Å². The van der Waals surface area contributed by atoms with Crippen molar-refractivity contribution in [2.45, 2.75) is 25.1 Å². The van der Waals surface area contributed by atoms with Gasteiger partial charge in [-0.05, 0) is 37.1 Å². The van der Waals surface area contributed by atoms with Gasteiger partial charge in [0.25, 0.3) is 0 Å². The van der Waals surface area contributed by atoms with E-state index in [-0.39, 0.29) is 5.69 Å². The van der Waals surface area contributed by atoms with E-state index in [9.17, 15) is 4.79 Å². The van der Waals surface area contributed by atoms with Gasteiger partial charge in [0.1, 0.15) is 11.4 Å². The molecule has 5 heteroatoms. The third-order valence-corrected chi connectivity index (χ3v) is 4.22. The van der Waals surface area contributed by atoms with Gasteiger partial charge in [-0.15, -0.1) is 0 Å². The number of pyridine rings is 1. The zero-order chi connectivity index (χ0) is 16.3. The van der Waals surface area contributed by atoms with E-state index >= 15 is 4.39 Å². The lowest BCUT2D eigenvalue weighted by Gasteiger charge is -2.37. The van der Waals surface area contributed by atoms with Crippen LogP contribution in [0.1, 0.15) is 34.6 Å². The Bertz CT molecular complexity index is 692. The average Bonchev–Trinajstić information content (AvgIpc) is 2.56. The van der Waals surface area contributed by atoms with Gasteiger partial charge < -0.3 is 5.11 Å². The number of carboxylic acid groups (broad SMARTS) is 1. The first-order valence-electron chi connectivity index (χ1n) is 7.73. The molecular weight excluding hydrogens is 295 g/mol. The molecule has 4 nitrogen and oxygen atoms in total. The summed E-state index contributed by atoms with van der Waals surface area (Å²) < 4.78 is 15.3. The molecule has 0 bridgehead atoms. The Morgan fingerprint density at radius 3 is 2.74 bits per heavy atom. The third kappa shape index (κ3) is 3.56. The van der Waals surface area contributed by atoms with Crippen LogP contribution >= 0.6 is 0 Å². The molecule has 0 aliphatic carbocycles. The normalized spacial score (nSPS) is 22.0. The van der Waals surface area contributed by atoms with E-state index in [0.29, 0.717) is 30.8 Å². The number of likely N-dealkylation sites (tertiary alicyclic amines) is 1. The van der Waals surface area contributed by atoms with Gasteiger partial charge in [0, 0.05) is 13.1 Å². The maximum absolute atomic E-state index is 15.3. The van der Waals surface area contributed by atoms with Crippen molar-refractivity contribution in [2.24, 2.45) is 0 Å². The number of hydrogen-bond donors (Lipinski definition) is 1. The number of benzene rings is 1. The molecule has 0 amide bonds. The van der Waals surface area contributed by atoms with E-state index in [2.05, 4.69) is 4.98 Å². The van der Waals surface area contributed by atoms with Crippen LogP contribution in [0.2, 0.25) is 0 Å². The first-order chi connectivity index (χ1) is 11.1. The molecule has 2 aromatic rings. The third-order valence-electron chi connectivity index (χ3n) is 4.22. The second-order valence-electron chi connectivity index (χ2n) is 5.96. The molecule has 1 fully saturated rings. The van der Waals surface area contributed by atoms with Gasteiger partial charge in [-0.1, -0.05) is 36.4 Å². The molecule has 1 aliphatic rings. The quantitative estimate of drug-likeness (QED) is 0.941. The summed E-state index contributed by atoms with van der Waals surface area (Å²) in [5, 5.41) is 9.01. The molecule has 1 N–H and O–H groups in total. The summed E-state index contributed by atoms with van der Waals surface area (Å²) in [6, 6.07) is 14.2. The second-order valence-corrected chi connectivity index (χ2v) is 5.96. The number of nitrogens with zero attached hydrogens (tertiary/aromatic N) is 2. The second kappa shape index (κ2) is 6.46. The van der Waals surface area contributed by atoms with Crippen LogP contribution in [0.3, 0.4) is 0 Å². The van der Waals surface area contributed by atoms with E-state index in [1.54, 1.807) is 12.1 Å². The average molecular weight is 314 g/mol. The molecule has 1 saturated heterocycles. The number of halogens is 1. The zero-order valence-corrected chi connectivity index (χ0v) is 12.8. The molecular formula is C18H19FN2O2. The van der Waals surface area contributed by atoms with Gasteiger partial charge >= 0.3 is 5.97 Å². The molecule has 1 unspecified atom stereocenters. The van der Waals surface area contributed by atoms with Crippen molar-refractivity contribution in [3.63, 3.8) is 0 Å². The molecule has 1 aromatic carbocycles. The highest BCUT2D eigenvalue weighted by Crippen LogP contribution is 2.35. The Hall–Kier alpha value is -2.27. The summed E-state index contributed by atoms with van der Waals surface area (Å²) in [6.45, 7) is 1.55. The van der Waals surface area contributed by atoms with Crippen LogP contribution in [0, 0.1) is 0 Å². The number of carboxylic acids is 1. The molecule has 2 heterocycles. The van der Waals surface area contributed by atoms with Crippen molar-refractivity contribution in [2.75, 3.05) is 13.1 Å². The van der Waals surface area contributed by atoms with Crippen molar-refractivity contribution in [3.05, 3.63) is 65.5 Å². The largest absolute Gasteiger partial charge is 0.477 e. The van der Waals surface area contributed by atoms with Crippen LogP contribution in [0.15, 0.2) is 48.5 Å². The topological polar surface area (TPSA) is 53.4 Å². The summed E-state index contributed by atoms with van der Waals surface area (Å²) in [6.07, 6.45) is 1.28. The Balaban J connectivity index is 1.74. The first-order valence-corrected chi connectivity index (χ1v) is 7.73. The van der Waals surface area contributed by atoms with E-state index in [1.807, 2.05) is 35.2 Å². The predicted molar refractivity (Wildman–Crippen MR) is 84.9 cm³/mol. The molecule has 3 rings (SSSR count). The SMILES string of the molecule is O=C(O)c1cccc(CN2CCCC(F)(c3ccccc3)C2)n1. The standard InChI is InChI=1S/C18H19FN2O2/c19-18(14-6-2-1-3-7-14)10-5-11-21(13-18)12-15-8-4-9-16(20-15)17(22)23/h1-4,6-9H,5,10-13H2,(H,22,23). The molecule has 1 atom stereocenters. The summed E-state index contributed by atoms with van der Waals surface area (Å²) in [5.74, 6) is -1.05.